The number of hydrazine groups is 1. The van der Waals surface area contributed by atoms with Gasteiger partial charge in [-0.25, -0.2) is 9.78 Å². The lowest BCUT2D eigenvalue weighted by Gasteiger charge is -2.11. The summed E-state index contributed by atoms with van der Waals surface area (Å²) in [6.07, 6.45) is 0. The molecule has 0 aliphatic rings. The first-order valence-corrected chi connectivity index (χ1v) is 10.6. The lowest BCUT2D eigenvalue weighted by atomic mass is 10.2. The minimum atomic E-state index is -0.432. The predicted molar refractivity (Wildman–Crippen MR) is 118 cm³/mol. The number of esters is 1. The zero-order chi connectivity index (χ0) is 22.5. The second kappa shape index (κ2) is 9.57. The molecule has 162 valence electrons. The quantitative estimate of drug-likeness (QED) is 0.453. The minimum Gasteiger partial charge on any atom is -0.462 e. The van der Waals surface area contributed by atoms with Gasteiger partial charge >= 0.3 is 5.97 Å². The zero-order valence-electron chi connectivity index (χ0n) is 17.8. The number of amides is 2. The van der Waals surface area contributed by atoms with Crippen LogP contribution in [0.2, 0.25) is 0 Å². The molecule has 0 radical (unpaired) electrons. The van der Waals surface area contributed by atoms with Crippen LogP contribution in [0.15, 0.2) is 36.4 Å². The molecule has 0 saturated heterocycles. The van der Waals surface area contributed by atoms with Gasteiger partial charge in [0.05, 0.1) is 17.9 Å². The van der Waals surface area contributed by atoms with Crippen LogP contribution in [0.4, 0.5) is 0 Å². The monoisotopic (exact) mass is 440 g/mol. The van der Waals surface area contributed by atoms with Gasteiger partial charge in [-0.1, -0.05) is 30.3 Å². The number of nitrogens with one attached hydrogen (secondary N) is 2. The summed E-state index contributed by atoms with van der Waals surface area (Å²) < 4.78 is 6.73. The van der Waals surface area contributed by atoms with E-state index >= 15 is 0 Å². The standard InChI is InChI=1S/C22H24N4O4S/c1-5-30-22(29)17-11-13(2)26(15(17)4)12-18(27)24-25-20(28)19-14(3)23-21(31-19)16-9-7-6-8-10-16/h6-11H,5,12H2,1-4H3,(H,24,27)(H,25,28). The number of carbonyl (C=O) groups excluding carboxylic acids is 3. The molecule has 2 N–H and O–H groups in total. The molecule has 0 spiro atoms. The fraction of sp³-hybridized carbons (Fsp3) is 0.273. The summed E-state index contributed by atoms with van der Waals surface area (Å²) in [5.41, 5.74) is 8.18. The number of hydrogen-bond acceptors (Lipinski definition) is 6. The Kier molecular flexibility index (Phi) is 6.86. The summed E-state index contributed by atoms with van der Waals surface area (Å²) in [5.74, 6) is -1.28. The SMILES string of the molecule is CCOC(=O)c1cc(C)n(CC(=O)NNC(=O)c2sc(-c3ccccc3)nc2C)c1C. The highest BCUT2D eigenvalue weighted by atomic mass is 32.1. The highest BCUT2D eigenvalue weighted by molar-refractivity contribution is 7.17. The number of carbonyl (C=O) groups is 3. The van der Waals surface area contributed by atoms with E-state index in [9.17, 15) is 14.4 Å². The molecule has 2 aromatic heterocycles. The van der Waals surface area contributed by atoms with Crippen molar-refractivity contribution in [3.8, 4) is 10.6 Å². The third kappa shape index (κ3) is 5.00. The van der Waals surface area contributed by atoms with Crippen molar-refractivity contribution in [3.05, 3.63) is 63.9 Å². The van der Waals surface area contributed by atoms with E-state index in [4.69, 9.17) is 4.74 Å². The van der Waals surface area contributed by atoms with E-state index < -0.39 is 17.8 Å². The average Bonchev–Trinajstić information content (AvgIpc) is 3.28. The highest BCUT2D eigenvalue weighted by Crippen LogP contribution is 2.27. The number of nitrogens with zero attached hydrogens (tertiary/aromatic N) is 2. The van der Waals surface area contributed by atoms with Crippen molar-refractivity contribution < 1.29 is 19.1 Å². The van der Waals surface area contributed by atoms with Crippen molar-refractivity contribution >= 4 is 29.1 Å². The van der Waals surface area contributed by atoms with Gasteiger partial charge in [0, 0.05) is 17.0 Å². The normalized spacial score (nSPS) is 10.6. The van der Waals surface area contributed by atoms with Gasteiger partial charge < -0.3 is 9.30 Å². The summed E-state index contributed by atoms with van der Waals surface area (Å²) >= 11 is 1.26. The molecule has 0 bridgehead atoms. The van der Waals surface area contributed by atoms with Crippen molar-refractivity contribution in [1.82, 2.24) is 20.4 Å². The third-order valence-corrected chi connectivity index (χ3v) is 5.91. The van der Waals surface area contributed by atoms with Crippen LogP contribution in [0.3, 0.4) is 0 Å². The summed E-state index contributed by atoms with van der Waals surface area (Å²) in [6.45, 7) is 7.26. The molecule has 0 fully saturated rings. The van der Waals surface area contributed by atoms with Gasteiger partial charge in [-0.3, -0.25) is 20.4 Å². The van der Waals surface area contributed by atoms with Crippen LogP contribution in [0.1, 0.15) is 44.0 Å². The van der Waals surface area contributed by atoms with E-state index in [-0.39, 0.29) is 13.2 Å². The van der Waals surface area contributed by atoms with Crippen LogP contribution in [0.5, 0.6) is 0 Å². The molecule has 2 amide bonds. The molecular formula is C22H24N4O4S. The van der Waals surface area contributed by atoms with Crippen molar-refractivity contribution in [2.45, 2.75) is 34.2 Å². The van der Waals surface area contributed by atoms with Crippen LogP contribution in [0, 0.1) is 20.8 Å². The second-order valence-electron chi connectivity index (χ2n) is 6.89. The Morgan fingerprint density at radius 3 is 2.48 bits per heavy atom. The van der Waals surface area contributed by atoms with Gasteiger partial charge in [0.1, 0.15) is 16.4 Å². The minimum absolute atomic E-state index is 0.0473. The molecule has 0 aliphatic heterocycles. The summed E-state index contributed by atoms with van der Waals surface area (Å²) in [5, 5.41) is 0.736. The Morgan fingerprint density at radius 1 is 1.10 bits per heavy atom. The number of hydrogen-bond donors (Lipinski definition) is 2. The van der Waals surface area contributed by atoms with Crippen molar-refractivity contribution in [3.63, 3.8) is 0 Å². The Balaban J connectivity index is 1.64. The predicted octanol–water partition coefficient (Wildman–Crippen LogP) is 3.17. The maximum absolute atomic E-state index is 12.5. The Labute approximate surface area is 184 Å². The lowest BCUT2D eigenvalue weighted by molar-refractivity contribution is -0.122. The number of ether oxygens (including phenoxy) is 1. The highest BCUT2D eigenvalue weighted by Gasteiger charge is 2.20. The van der Waals surface area contributed by atoms with Gasteiger partial charge in [0.25, 0.3) is 11.8 Å². The Morgan fingerprint density at radius 2 is 1.81 bits per heavy atom. The second-order valence-corrected chi connectivity index (χ2v) is 7.89. The first-order chi connectivity index (χ1) is 14.8. The van der Waals surface area contributed by atoms with E-state index in [1.54, 1.807) is 38.3 Å². The van der Waals surface area contributed by atoms with E-state index in [1.807, 2.05) is 30.3 Å². The molecule has 1 aromatic carbocycles. The van der Waals surface area contributed by atoms with E-state index in [0.29, 0.717) is 21.8 Å². The number of aryl methyl sites for hydroxylation is 2. The molecule has 8 nitrogen and oxygen atoms in total. The smallest absolute Gasteiger partial charge is 0.339 e. The molecule has 31 heavy (non-hydrogen) atoms. The molecule has 3 aromatic rings. The van der Waals surface area contributed by atoms with E-state index in [0.717, 1.165) is 16.3 Å². The van der Waals surface area contributed by atoms with Crippen LogP contribution in [0.25, 0.3) is 10.6 Å². The zero-order valence-corrected chi connectivity index (χ0v) is 18.6. The van der Waals surface area contributed by atoms with Crippen LogP contribution in [-0.4, -0.2) is 33.9 Å². The molecule has 9 heteroatoms. The molecule has 2 heterocycles. The maximum atomic E-state index is 12.5. The molecule has 3 rings (SSSR count). The first-order valence-electron chi connectivity index (χ1n) is 9.77. The third-order valence-electron chi connectivity index (χ3n) is 4.71. The Hall–Kier alpha value is -3.46. The molecular weight excluding hydrogens is 416 g/mol. The van der Waals surface area contributed by atoms with Gasteiger partial charge in [-0.05, 0) is 33.8 Å². The maximum Gasteiger partial charge on any atom is 0.339 e. The lowest BCUT2D eigenvalue weighted by Crippen LogP contribution is -2.43. The molecule has 0 atom stereocenters. The fourth-order valence-electron chi connectivity index (χ4n) is 3.14. The molecule has 0 unspecified atom stereocenters. The average molecular weight is 441 g/mol. The topological polar surface area (TPSA) is 102 Å². The summed E-state index contributed by atoms with van der Waals surface area (Å²) in [6, 6.07) is 11.3. The van der Waals surface area contributed by atoms with Crippen LogP contribution < -0.4 is 10.9 Å². The van der Waals surface area contributed by atoms with Crippen LogP contribution in [-0.2, 0) is 16.1 Å². The van der Waals surface area contributed by atoms with Crippen molar-refractivity contribution in [2.24, 2.45) is 0 Å². The van der Waals surface area contributed by atoms with E-state index in [2.05, 4.69) is 15.8 Å². The van der Waals surface area contributed by atoms with Gasteiger partial charge in [0.15, 0.2) is 0 Å². The fourth-order valence-corrected chi connectivity index (χ4v) is 4.10. The number of thiazole rings is 1. The number of benzene rings is 1. The largest absolute Gasteiger partial charge is 0.462 e. The van der Waals surface area contributed by atoms with Crippen molar-refractivity contribution in [2.75, 3.05) is 6.61 Å². The summed E-state index contributed by atoms with van der Waals surface area (Å²) in [4.78, 5) is 41.8. The number of aromatic nitrogens is 2. The van der Waals surface area contributed by atoms with Crippen LogP contribution >= 0.6 is 11.3 Å². The van der Waals surface area contributed by atoms with Gasteiger partial charge in [-0.2, -0.15) is 0 Å². The Bertz CT molecular complexity index is 1120. The number of rotatable bonds is 6. The van der Waals surface area contributed by atoms with E-state index in [1.165, 1.54) is 11.3 Å². The first kappa shape index (κ1) is 22.2. The van der Waals surface area contributed by atoms with Gasteiger partial charge in [0.2, 0.25) is 0 Å². The summed E-state index contributed by atoms with van der Waals surface area (Å²) in [7, 11) is 0. The molecule has 0 saturated carbocycles. The van der Waals surface area contributed by atoms with Gasteiger partial charge in [-0.15, -0.1) is 11.3 Å². The van der Waals surface area contributed by atoms with Crippen molar-refractivity contribution in [1.29, 1.82) is 0 Å². The molecule has 0 aliphatic carbocycles.